The Morgan fingerprint density at radius 1 is 0.895 bits per heavy atom. The van der Waals surface area contributed by atoms with Crippen molar-refractivity contribution < 1.29 is 0 Å². The second-order valence-corrected chi connectivity index (χ2v) is 6.31. The first-order chi connectivity index (χ1) is 9.31. The molecular weight excluding hydrogens is 272 g/mol. The summed E-state index contributed by atoms with van der Waals surface area (Å²) < 4.78 is 0. The number of hydrogen-bond donors (Lipinski definition) is 2. The topological polar surface area (TPSA) is 24.1 Å². The van der Waals surface area contributed by atoms with Gasteiger partial charge in [0.15, 0.2) is 0 Å². The van der Waals surface area contributed by atoms with Gasteiger partial charge in [-0.25, -0.2) is 0 Å². The van der Waals surface area contributed by atoms with Crippen LogP contribution in [0.5, 0.6) is 0 Å². The van der Waals surface area contributed by atoms with Crippen LogP contribution in [0.4, 0.5) is 11.4 Å². The third-order valence-electron chi connectivity index (χ3n) is 3.17. The molecule has 104 valence electrons. The van der Waals surface area contributed by atoms with Crippen molar-refractivity contribution in [2.45, 2.75) is 33.1 Å². The number of hydrogen-bond acceptors (Lipinski definition) is 4. The molecule has 0 saturated heterocycles. The lowest BCUT2D eigenvalue weighted by molar-refractivity contribution is 0.809. The highest BCUT2D eigenvalue weighted by atomic mass is 32.1. The number of rotatable bonds is 7. The molecule has 2 rings (SSSR count). The summed E-state index contributed by atoms with van der Waals surface area (Å²) in [6.45, 7) is 8.53. The molecule has 2 heterocycles. The standard InChI is InChI=1S/C15H22N2S2/c1-4-11(14-12(16-5-2)7-9-18-14)15-13(17-6-3)8-10-19-15/h7-11,16-17H,4-6H2,1-3H3. The van der Waals surface area contributed by atoms with Gasteiger partial charge in [-0.2, -0.15) is 0 Å². The van der Waals surface area contributed by atoms with Crippen molar-refractivity contribution in [3.8, 4) is 0 Å². The summed E-state index contributed by atoms with van der Waals surface area (Å²) in [7, 11) is 0. The minimum Gasteiger partial charge on any atom is -0.384 e. The van der Waals surface area contributed by atoms with Gasteiger partial charge in [-0.15, -0.1) is 22.7 Å². The van der Waals surface area contributed by atoms with Gasteiger partial charge in [-0.05, 0) is 43.2 Å². The van der Waals surface area contributed by atoms with E-state index < -0.39 is 0 Å². The van der Waals surface area contributed by atoms with Crippen LogP contribution in [-0.4, -0.2) is 13.1 Å². The Morgan fingerprint density at radius 3 is 1.74 bits per heavy atom. The molecule has 2 nitrogen and oxygen atoms in total. The summed E-state index contributed by atoms with van der Waals surface area (Å²) in [6, 6.07) is 4.40. The van der Waals surface area contributed by atoms with E-state index in [0.29, 0.717) is 5.92 Å². The minimum absolute atomic E-state index is 0.503. The fourth-order valence-electron chi connectivity index (χ4n) is 2.34. The predicted octanol–water partition coefficient (Wildman–Crippen LogP) is 5.22. The van der Waals surface area contributed by atoms with Gasteiger partial charge in [0, 0.05) is 40.1 Å². The molecule has 2 aromatic rings. The molecule has 0 fully saturated rings. The largest absolute Gasteiger partial charge is 0.384 e. The summed E-state index contributed by atoms with van der Waals surface area (Å²) in [5.74, 6) is 0.503. The van der Waals surface area contributed by atoms with Crippen LogP contribution in [0.15, 0.2) is 22.9 Å². The highest BCUT2D eigenvalue weighted by Gasteiger charge is 2.21. The second kappa shape index (κ2) is 6.96. The van der Waals surface area contributed by atoms with Crippen molar-refractivity contribution in [2.75, 3.05) is 23.7 Å². The van der Waals surface area contributed by atoms with Crippen LogP contribution in [0.1, 0.15) is 42.9 Å². The average Bonchev–Trinajstić information content (AvgIpc) is 3.03. The minimum atomic E-state index is 0.503. The lowest BCUT2D eigenvalue weighted by atomic mass is 10.0. The lowest BCUT2D eigenvalue weighted by Gasteiger charge is -2.17. The van der Waals surface area contributed by atoms with E-state index in [9.17, 15) is 0 Å². The molecule has 19 heavy (non-hydrogen) atoms. The molecule has 0 unspecified atom stereocenters. The zero-order valence-electron chi connectivity index (χ0n) is 11.8. The van der Waals surface area contributed by atoms with Gasteiger partial charge in [0.2, 0.25) is 0 Å². The molecule has 0 spiro atoms. The first kappa shape index (κ1) is 14.4. The van der Waals surface area contributed by atoms with Crippen molar-refractivity contribution in [1.82, 2.24) is 0 Å². The van der Waals surface area contributed by atoms with Crippen LogP contribution >= 0.6 is 22.7 Å². The zero-order valence-corrected chi connectivity index (χ0v) is 13.5. The molecule has 0 amide bonds. The SMILES string of the molecule is CCNc1ccsc1C(CC)c1sccc1NCC. The van der Waals surface area contributed by atoms with Crippen LogP contribution in [0.3, 0.4) is 0 Å². The maximum Gasteiger partial charge on any atom is 0.0488 e. The molecule has 2 N–H and O–H groups in total. The van der Waals surface area contributed by atoms with E-state index >= 15 is 0 Å². The van der Waals surface area contributed by atoms with Gasteiger partial charge >= 0.3 is 0 Å². The molecule has 0 aliphatic heterocycles. The average molecular weight is 294 g/mol. The van der Waals surface area contributed by atoms with Crippen LogP contribution in [0.2, 0.25) is 0 Å². The maximum absolute atomic E-state index is 3.48. The van der Waals surface area contributed by atoms with Crippen LogP contribution in [0.25, 0.3) is 0 Å². The Labute approximate surface area is 123 Å². The normalized spacial score (nSPS) is 10.9. The number of anilines is 2. The number of thiophene rings is 2. The molecule has 4 heteroatoms. The van der Waals surface area contributed by atoms with E-state index in [0.717, 1.165) is 19.5 Å². The van der Waals surface area contributed by atoms with Crippen LogP contribution in [0, 0.1) is 0 Å². The monoisotopic (exact) mass is 294 g/mol. The van der Waals surface area contributed by atoms with Gasteiger partial charge in [-0.1, -0.05) is 6.92 Å². The fraction of sp³-hybridized carbons (Fsp3) is 0.467. The van der Waals surface area contributed by atoms with Crippen molar-refractivity contribution in [2.24, 2.45) is 0 Å². The smallest absolute Gasteiger partial charge is 0.0488 e. The van der Waals surface area contributed by atoms with Crippen molar-refractivity contribution in [3.63, 3.8) is 0 Å². The van der Waals surface area contributed by atoms with E-state index in [4.69, 9.17) is 0 Å². The van der Waals surface area contributed by atoms with E-state index in [1.165, 1.54) is 21.1 Å². The molecule has 0 radical (unpaired) electrons. The van der Waals surface area contributed by atoms with Crippen molar-refractivity contribution >= 4 is 34.0 Å². The van der Waals surface area contributed by atoms with Crippen molar-refractivity contribution in [3.05, 3.63) is 32.6 Å². The summed E-state index contributed by atoms with van der Waals surface area (Å²) in [5.41, 5.74) is 2.60. The van der Waals surface area contributed by atoms with Gasteiger partial charge in [-0.3, -0.25) is 0 Å². The van der Waals surface area contributed by atoms with E-state index in [1.54, 1.807) is 0 Å². The molecule has 0 aliphatic rings. The van der Waals surface area contributed by atoms with Crippen LogP contribution < -0.4 is 10.6 Å². The highest BCUT2D eigenvalue weighted by Crippen LogP contribution is 2.42. The molecule has 0 saturated carbocycles. The van der Waals surface area contributed by atoms with Crippen LogP contribution in [-0.2, 0) is 0 Å². The Balaban J connectivity index is 2.33. The molecule has 0 aliphatic carbocycles. The fourth-order valence-corrected chi connectivity index (χ4v) is 4.55. The zero-order chi connectivity index (χ0) is 13.7. The summed E-state index contributed by atoms with van der Waals surface area (Å²) in [4.78, 5) is 2.93. The van der Waals surface area contributed by atoms with Gasteiger partial charge in [0.05, 0.1) is 0 Å². The highest BCUT2D eigenvalue weighted by molar-refractivity contribution is 7.12. The lowest BCUT2D eigenvalue weighted by Crippen LogP contribution is -2.05. The Morgan fingerprint density at radius 2 is 1.37 bits per heavy atom. The third-order valence-corrected chi connectivity index (χ3v) is 5.23. The Kier molecular flexibility index (Phi) is 5.28. The molecule has 0 atom stereocenters. The Hall–Kier alpha value is -1.00. The first-order valence-electron chi connectivity index (χ1n) is 6.94. The van der Waals surface area contributed by atoms with Gasteiger partial charge in [0.25, 0.3) is 0 Å². The van der Waals surface area contributed by atoms with Gasteiger partial charge in [0.1, 0.15) is 0 Å². The van der Waals surface area contributed by atoms with Gasteiger partial charge < -0.3 is 10.6 Å². The summed E-state index contributed by atoms with van der Waals surface area (Å²) in [5, 5.41) is 11.3. The molecule has 0 aromatic carbocycles. The molecular formula is C15H22N2S2. The molecule has 0 bridgehead atoms. The quantitative estimate of drug-likeness (QED) is 0.732. The molecule has 2 aromatic heterocycles. The third kappa shape index (κ3) is 3.12. The van der Waals surface area contributed by atoms with Crippen molar-refractivity contribution in [1.29, 1.82) is 0 Å². The summed E-state index contributed by atoms with van der Waals surface area (Å²) >= 11 is 3.73. The Bertz CT molecular complexity index is 457. The first-order valence-corrected chi connectivity index (χ1v) is 8.70. The van der Waals surface area contributed by atoms with E-state index in [1.807, 2.05) is 22.7 Å². The number of nitrogens with one attached hydrogen (secondary N) is 2. The van der Waals surface area contributed by atoms with E-state index in [2.05, 4.69) is 54.3 Å². The van der Waals surface area contributed by atoms with E-state index in [-0.39, 0.29) is 0 Å². The maximum atomic E-state index is 3.48. The second-order valence-electron chi connectivity index (χ2n) is 4.42. The summed E-state index contributed by atoms with van der Waals surface area (Å²) in [6.07, 6.45) is 1.14. The predicted molar refractivity (Wildman–Crippen MR) is 89.1 cm³/mol.